The highest BCUT2D eigenvalue weighted by Crippen LogP contribution is 2.27. The topological polar surface area (TPSA) is 44.4 Å². The average Bonchev–Trinajstić information content (AvgIpc) is 3.19. The predicted molar refractivity (Wildman–Crippen MR) is 109 cm³/mol. The molecule has 6 heteroatoms. The largest absolute Gasteiger partial charge is 0.378 e. The van der Waals surface area contributed by atoms with Crippen molar-refractivity contribution in [3.05, 3.63) is 71.9 Å². The highest BCUT2D eigenvalue weighted by atomic mass is 19.1. The molecule has 3 aromatic rings. The van der Waals surface area contributed by atoms with Crippen LogP contribution in [0.3, 0.4) is 0 Å². The van der Waals surface area contributed by atoms with Gasteiger partial charge >= 0.3 is 0 Å². The van der Waals surface area contributed by atoms with Crippen LogP contribution in [0.4, 0.5) is 10.1 Å². The lowest BCUT2D eigenvalue weighted by atomic mass is 10.1. The number of aromatic nitrogens is 2. The van der Waals surface area contributed by atoms with Gasteiger partial charge in [0.05, 0.1) is 31.1 Å². The highest BCUT2D eigenvalue weighted by molar-refractivity contribution is 5.58. The van der Waals surface area contributed by atoms with Crippen LogP contribution in [-0.4, -0.2) is 48.7 Å². The third-order valence-electron chi connectivity index (χ3n) is 5.12. The van der Waals surface area contributed by atoms with E-state index in [-0.39, 0.29) is 11.9 Å². The quantitative estimate of drug-likeness (QED) is 0.730. The van der Waals surface area contributed by atoms with Gasteiger partial charge in [0, 0.05) is 38.4 Å². The number of hydrogen-bond acceptors (Lipinski definition) is 4. The van der Waals surface area contributed by atoms with Crippen LogP contribution in [0, 0.1) is 5.82 Å². The van der Waals surface area contributed by atoms with Gasteiger partial charge in [-0.3, -0.25) is 4.90 Å². The van der Waals surface area contributed by atoms with Crippen LogP contribution in [0.15, 0.2) is 54.7 Å². The van der Waals surface area contributed by atoms with E-state index in [2.05, 4.69) is 44.0 Å². The van der Waals surface area contributed by atoms with Crippen molar-refractivity contribution in [2.45, 2.75) is 12.6 Å². The summed E-state index contributed by atoms with van der Waals surface area (Å²) >= 11 is 0. The molecule has 146 valence electrons. The number of imidazole rings is 1. The number of halogens is 1. The van der Waals surface area contributed by atoms with E-state index in [9.17, 15) is 4.39 Å². The standard InChI is InChI=1S/C22H25FN4O/c1-26(2)19-8-6-16(7-9-19)14-27-10-11-28-15-21(27)22-24-13-20(25-22)17-4-3-5-18(23)12-17/h3-9,12-13,21H,10-11,14-15H2,1-2H3,(H,24,25). The van der Waals surface area contributed by atoms with Crippen LogP contribution in [-0.2, 0) is 11.3 Å². The molecule has 1 unspecified atom stereocenters. The zero-order valence-corrected chi connectivity index (χ0v) is 16.2. The lowest BCUT2D eigenvalue weighted by molar-refractivity contribution is -0.0156. The van der Waals surface area contributed by atoms with Crippen LogP contribution >= 0.6 is 0 Å². The Morgan fingerprint density at radius 1 is 1.21 bits per heavy atom. The molecule has 1 aliphatic heterocycles. The maximum Gasteiger partial charge on any atom is 0.126 e. The number of H-pyrrole nitrogens is 1. The summed E-state index contributed by atoms with van der Waals surface area (Å²) in [6.07, 6.45) is 1.77. The van der Waals surface area contributed by atoms with Gasteiger partial charge in [0.25, 0.3) is 0 Å². The van der Waals surface area contributed by atoms with Gasteiger partial charge in [-0.25, -0.2) is 9.37 Å². The molecule has 1 atom stereocenters. The molecule has 4 rings (SSSR count). The normalized spacial score (nSPS) is 17.6. The molecule has 0 radical (unpaired) electrons. The van der Waals surface area contributed by atoms with E-state index in [0.29, 0.717) is 13.2 Å². The number of benzene rings is 2. The van der Waals surface area contributed by atoms with Gasteiger partial charge in [0.15, 0.2) is 0 Å². The fraction of sp³-hybridized carbons (Fsp3) is 0.318. The van der Waals surface area contributed by atoms with Gasteiger partial charge in [-0.2, -0.15) is 0 Å². The van der Waals surface area contributed by atoms with Gasteiger partial charge in [-0.1, -0.05) is 24.3 Å². The minimum Gasteiger partial charge on any atom is -0.378 e. The first-order chi connectivity index (χ1) is 13.6. The Balaban J connectivity index is 1.52. The second-order valence-electron chi connectivity index (χ2n) is 7.31. The Hall–Kier alpha value is -2.70. The molecule has 0 bridgehead atoms. The summed E-state index contributed by atoms with van der Waals surface area (Å²) in [7, 11) is 4.08. The Bertz CT molecular complexity index is 922. The number of nitrogens with zero attached hydrogens (tertiary/aromatic N) is 3. The first kappa shape index (κ1) is 18.7. The molecule has 2 heterocycles. The molecule has 0 amide bonds. The van der Waals surface area contributed by atoms with Gasteiger partial charge in [-0.05, 0) is 29.8 Å². The van der Waals surface area contributed by atoms with Crippen molar-refractivity contribution >= 4 is 5.69 Å². The zero-order valence-electron chi connectivity index (χ0n) is 16.2. The number of rotatable bonds is 5. The fourth-order valence-corrected chi connectivity index (χ4v) is 3.52. The Kier molecular flexibility index (Phi) is 5.41. The van der Waals surface area contributed by atoms with Crippen molar-refractivity contribution in [2.75, 3.05) is 38.8 Å². The molecule has 28 heavy (non-hydrogen) atoms. The predicted octanol–water partition coefficient (Wildman–Crippen LogP) is 3.86. The molecule has 0 aliphatic carbocycles. The zero-order chi connectivity index (χ0) is 19.5. The van der Waals surface area contributed by atoms with E-state index in [4.69, 9.17) is 4.74 Å². The number of ether oxygens (including phenoxy) is 1. The first-order valence-electron chi connectivity index (χ1n) is 9.49. The SMILES string of the molecule is CN(C)c1ccc(CN2CCOCC2c2ncc(-c3cccc(F)c3)[nH]2)cc1. The number of anilines is 1. The highest BCUT2D eigenvalue weighted by Gasteiger charge is 2.27. The number of morpholine rings is 1. The van der Waals surface area contributed by atoms with E-state index in [1.54, 1.807) is 12.3 Å². The van der Waals surface area contributed by atoms with E-state index >= 15 is 0 Å². The second kappa shape index (κ2) is 8.12. The molecule has 5 nitrogen and oxygen atoms in total. The lowest BCUT2D eigenvalue weighted by Gasteiger charge is -2.34. The molecule has 2 aromatic carbocycles. The third kappa shape index (κ3) is 4.08. The van der Waals surface area contributed by atoms with E-state index in [0.717, 1.165) is 30.2 Å². The Labute approximate surface area is 164 Å². The summed E-state index contributed by atoms with van der Waals surface area (Å²) in [5.41, 5.74) is 4.05. The van der Waals surface area contributed by atoms with E-state index < -0.39 is 0 Å². The van der Waals surface area contributed by atoms with Crippen molar-refractivity contribution < 1.29 is 9.13 Å². The van der Waals surface area contributed by atoms with Gasteiger partial charge in [-0.15, -0.1) is 0 Å². The molecule has 1 N–H and O–H groups in total. The molecule has 1 fully saturated rings. The van der Waals surface area contributed by atoms with Crippen molar-refractivity contribution in [3.63, 3.8) is 0 Å². The second-order valence-corrected chi connectivity index (χ2v) is 7.31. The van der Waals surface area contributed by atoms with E-state index in [1.807, 2.05) is 20.2 Å². The lowest BCUT2D eigenvalue weighted by Crippen LogP contribution is -2.39. The average molecular weight is 380 g/mol. The maximum atomic E-state index is 13.5. The molecule has 1 aliphatic rings. The van der Waals surface area contributed by atoms with Crippen molar-refractivity contribution in [3.8, 4) is 11.3 Å². The van der Waals surface area contributed by atoms with E-state index in [1.165, 1.54) is 23.4 Å². The maximum absolute atomic E-state index is 13.5. The van der Waals surface area contributed by atoms with Crippen LogP contribution in [0.25, 0.3) is 11.3 Å². The summed E-state index contributed by atoms with van der Waals surface area (Å²) < 4.78 is 19.3. The monoisotopic (exact) mass is 380 g/mol. The molecular weight excluding hydrogens is 355 g/mol. The van der Waals surface area contributed by atoms with Gasteiger partial charge < -0.3 is 14.6 Å². The third-order valence-corrected chi connectivity index (χ3v) is 5.12. The van der Waals surface area contributed by atoms with Crippen LogP contribution < -0.4 is 4.90 Å². The Morgan fingerprint density at radius 2 is 2.04 bits per heavy atom. The molecule has 0 saturated carbocycles. The van der Waals surface area contributed by atoms with Crippen molar-refractivity contribution in [2.24, 2.45) is 0 Å². The summed E-state index contributed by atoms with van der Waals surface area (Å²) in [4.78, 5) is 12.4. The number of hydrogen-bond donors (Lipinski definition) is 1. The summed E-state index contributed by atoms with van der Waals surface area (Å²) in [6, 6.07) is 15.2. The molecule has 1 aromatic heterocycles. The van der Waals surface area contributed by atoms with Gasteiger partial charge in [0.1, 0.15) is 11.6 Å². The van der Waals surface area contributed by atoms with Crippen molar-refractivity contribution in [1.82, 2.24) is 14.9 Å². The smallest absolute Gasteiger partial charge is 0.126 e. The fourth-order valence-electron chi connectivity index (χ4n) is 3.52. The summed E-state index contributed by atoms with van der Waals surface area (Å²) in [5, 5.41) is 0. The first-order valence-corrected chi connectivity index (χ1v) is 9.49. The van der Waals surface area contributed by atoms with Gasteiger partial charge in [0.2, 0.25) is 0 Å². The number of nitrogens with one attached hydrogen (secondary N) is 1. The minimum absolute atomic E-state index is 0.0459. The number of aromatic amines is 1. The minimum atomic E-state index is -0.252. The Morgan fingerprint density at radius 3 is 2.79 bits per heavy atom. The van der Waals surface area contributed by atoms with Crippen LogP contribution in [0.1, 0.15) is 17.4 Å². The molecule has 0 spiro atoms. The summed E-state index contributed by atoms with van der Waals surface area (Å²) in [6.45, 7) is 2.98. The molecular formula is C22H25FN4O. The summed E-state index contributed by atoms with van der Waals surface area (Å²) in [5.74, 6) is 0.598. The van der Waals surface area contributed by atoms with Crippen molar-refractivity contribution in [1.29, 1.82) is 0 Å². The molecule has 1 saturated heterocycles. The van der Waals surface area contributed by atoms with Crippen LogP contribution in [0.2, 0.25) is 0 Å². The van der Waals surface area contributed by atoms with Crippen LogP contribution in [0.5, 0.6) is 0 Å².